The van der Waals surface area contributed by atoms with Gasteiger partial charge in [-0.05, 0) is 46.3 Å². The number of amides is 1. The molecule has 0 aliphatic rings. The molecule has 1 amide bonds. The Kier molecular flexibility index (Phi) is 4.60. The quantitative estimate of drug-likeness (QED) is 0.877. The number of hydrogen-bond acceptors (Lipinski definition) is 1. The van der Waals surface area contributed by atoms with Crippen LogP contribution < -0.4 is 5.32 Å². The van der Waals surface area contributed by atoms with E-state index in [9.17, 15) is 4.79 Å². The highest BCUT2D eigenvalue weighted by Crippen LogP contribution is 2.21. The van der Waals surface area contributed by atoms with Crippen molar-refractivity contribution >= 4 is 37.8 Å². The summed E-state index contributed by atoms with van der Waals surface area (Å²) in [5.74, 6) is -0.0738. The van der Waals surface area contributed by atoms with Gasteiger partial charge in [-0.3, -0.25) is 4.79 Å². The summed E-state index contributed by atoms with van der Waals surface area (Å²) in [6.07, 6.45) is 3.95. The lowest BCUT2D eigenvalue weighted by atomic mass is 10.2. The highest BCUT2D eigenvalue weighted by atomic mass is 79.9. The predicted molar refractivity (Wildman–Crippen MR) is 78.6 cm³/mol. The molecule has 0 radical (unpaired) electrons. The normalized spacial score (nSPS) is 10.3. The third-order valence-electron chi connectivity index (χ3n) is 2.49. The van der Waals surface area contributed by atoms with E-state index in [4.69, 9.17) is 0 Å². The van der Waals surface area contributed by atoms with E-state index >= 15 is 0 Å². The van der Waals surface area contributed by atoms with Crippen LogP contribution in [0.1, 0.15) is 10.4 Å². The molecular weight excluding hydrogens is 360 g/mol. The Balaban J connectivity index is 1.93. The van der Waals surface area contributed by atoms with Gasteiger partial charge in [-0.1, -0.05) is 15.9 Å². The molecular formula is C13H12Br2N2O. The Morgan fingerprint density at radius 3 is 2.67 bits per heavy atom. The zero-order valence-corrected chi connectivity index (χ0v) is 12.7. The van der Waals surface area contributed by atoms with Crippen LogP contribution in [-0.4, -0.2) is 17.0 Å². The van der Waals surface area contributed by atoms with E-state index in [1.54, 1.807) is 6.07 Å². The summed E-state index contributed by atoms with van der Waals surface area (Å²) in [6, 6.07) is 9.47. The summed E-state index contributed by atoms with van der Waals surface area (Å²) in [5.41, 5.74) is 0.636. The first-order valence-electron chi connectivity index (χ1n) is 5.51. The minimum Gasteiger partial charge on any atom is -0.353 e. The largest absolute Gasteiger partial charge is 0.353 e. The maximum atomic E-state index is 12.0. The summed E-state index contributed by atoms with van der Waals surface area (Å²) in [7, 11) is 0. The van der Waals surface area contributed by atoms with Crippen molar-refractivity contribution in [3.63, 3.8) is 0 Å². The molecule has 94 valence electrons. The summed E-state index contributed by atoms with van der Waals surface area (Å²) >= 11 is 6.73. The Labute approximate surface area is 122 Å². The molecule has 18 heavy (non-hydrogen) atoms. The summed E-state index contributed by atoms with van der Waals surface area (Å²) in [4.78, 5) is 12.0. The van der Waals surface area contributed by atoms with Gasteiger partial charge < -0.3 is 9.88 Å². The number of rotatable bonds is 4. The van der Waals surface area contributed by atoms with Crippen molar-refractivity contribution in [2.24, 2.45) is 0 Å². The predicted octanol–water partition coefficient (Wildman–Crippen LogP) is 3.44. The smallest absolute Gasteiger partial charge is 0.252 e. The van der Waals surface area contributed by atoms with E-state index in [-0.39, 0.29) is 5.91 Å². The zero-order chi connectivity index (χ0) is 13.0. The van der Waals surface area contributed by atoms with Crippen LogP contribution in [0, 0.1) is 0 Å². The van der Waals surface area contributed by atoms with Crippen molar-refractivity contribution in [3.05, 3.63) is 57.2 Å². The van der Waals surface area contributed by atoms with Gasteiger partial charge in [0.05, 0.1) is 5.56 Å². The molecule has 1 N–H and O–H groups in total. The first-order valence-corrected chi connectivity index (χ1v) is 7.09. The van der Waals surface area contributed by atoms with Crippen LogP contribution in [0.3, 0.4) is 0 Å². The molecule has 0 spiro atoms. The molecule has 2 aromatic rings. The van der Waals surface area contributed by atoms with Gasteiger partial charge in [0.15, 0.2) is 0 Å². The SMILES string of the molecule is O=C(NCCn1cccc1)c1cc(Br)ccc1Br. The molecule has 1 aromatic heterocycles. The lowest BCUT2D eigenvalue weighted by Gasteiger charge is -2.08. The molecule has 1 heterocycles. The Bertz CT molecular complexity index is 538. The maximum Gasteiger partial charge on any atom is 0.252 e. The number of carbonyl (C=O) groups excluding carboxylic acids is 1. The molecule has 2 rings (SSSR count). The number of nitrogens with zero attached hydrogens (tertiary/aromatic N) is 1. The molecule has 0 aliphatic carbocycles. The highest BCUT2D eigenvalue weighted by molar-refractivity contribution is 9.11. The second-order valence-corrected chi connectivity index (χ2v) is 5.57. The molecule has 1 aromatic carbocycles. The molecule has 0 fully saturated rings. The molecule has 0 atom stereocenters. The monoisotopic (exact) mass is 370 g/mol. The Morgan fingerprint density at radius 2 is 1.94 bits per heavy atom. The molecule has 0 unspecified atom stereocenters. The van der Waals surface area contributed by atoms with Crippen molar-refractivity contribution in [1.29, 1.82) is 0 Å². The van der Waals surface area contributed by atoms with Gasteiger partial charge in [0.25, 0.3) is 5.91 Å². The molecule has 0 bridgehead atoms. The summed E-state index contributed by atoms with van der Waals surface area (Å²) in [5, 5.41) is 2.89. The number of aromatic nitrogens is 1. The first-order chi connectivity index (χ1) is 8.66. The van der Waals surface area contributed by atoms with Crippen LogP contribution in [0.5, 0.6) is 0 Å². The number of hydrogen-bond donors (Lipinski definition) is 1. The van der Waals surface area contributed by atoms with Crippen LogP contribution in [0.15, 0.2) is 51.7 Å². The summed E-state index contributed by atoms with van der Waals surface area (Å²) < 4.78 is 3.71. The zero-order valence-electron chi connectivity index (χ0n) is 9.57. The fraction of sp³-hybridized carbons (Fsp3) is 0.154. The minimum atomic E-state index is -0.0738. The van der Waals surface area contributed by atoms with Gasteiger partial charge in [0.2, 0.25) is 0 Å². The Hall–Kier alpha value is -1.07. The van der Waals surface area contributed by atoms with Gasteiger partial charge in [-0.25, -0.2) is 0 Å². The summed E-state index contributed by atoms with van der Waals surface area (Å²) in [6.45, 7) is 1.37. The van der Waals surface area contributed by atoms with Gasteiger partial charge in [-0.2, -0.15) is 0 Å². The van der Waals surface area contributed by atoms with Crippen molar-refractivity contribution in [1.82, 2.24) is 9.88 Å². The second-order valence-electron chi connectivity index (χ2n) is 3.80. The van der Waals surface area contributed by atoms with E-state index in [0.717, 1.165) is 15.5 Å². The van der Waals surface area contributed by atoms with Crippen LogP contribution in [0.2, 0.25) is 0 Å². The maximum absolute atomic E-state index is 12.0. The third-order valence-corrected chi connectivity index (χ3v) is 3.68. The second kappa shape index (κ2) is 6.20. The van der Waals surface area contributed by atoms with E-state index in [0.29, 0.717) is 12.1 Å². The van der Waals surface area contributed by atoms with E-state index in [1.165, 1.54) is 0 Å². The van der Waals surface area contributed by atoms with Crippen LogP contribution in [0.25, 0.3) is 0 Å². The minimum absolute atomic E-state index is 0.0738. The Morgan fingerprint density at radius 1 is 1.22 bits per heavy atom. The van der Waals surface area contributed by atoms with Crippen molar-refractivity contribution in [3.8, 4) is 0 Å². The molecule has 0 aliphatic heterocycles. The van der Waals surface area contributed by atoms with E-state index in [2.05, 4.69) is 37.2 Å². The standard InChI is InChI=1S/C13H12Br2N2O/c14-10-3-4-12(15)11(9-10)13(18)16-5-8-17-6-1-2-7-17/h1-4,6-7,9H,5,8H2,(H,16,18). The lowest BCUT2D eigenvalue weighted by molar-refractivity contribution is 0.0951. The highest BCUT2D eigenvalue weighted by Gasteiger charge is 2.09. The molecule has 5 heteroatoms. The third kappa shape index (κ3) is 3.46. The van der Waals surface area contributed by atoms with E-state index in [1.807, 2.05) is 41.2 Å². The number of benzene rings is 1. The van der Waals surface area contributed by atoms with Gasteiger partial charge in [-0.15, -0.1) is 0 Å². The van der Waals surface area contributed by atoms with Crippen molar-refractivity contribution in [2.75, 3.05) is 6.54 Å². The topological polar surface area (TPSA) is 34.0 Å². The molecule has 3 nitrogen and oxygen atoms in total. The van der Waals surface area contributed by atoms with Gasteiger partial charge in [0.1, 0.15) is 0 Å². The van der Waals surface area contributed by atoms with Crippen LogP contribution in [0.4, 0.5) is 0 Å². The fourth-order valence-electron chi connectivity index (χ4n) is 1.58. The number of carbonyl (C=O) groups is 1. The average Bonchev–Trinajstić information content (AvgIpc) is 2.85. The van der Waals surface area contributed by atoms with Crippen molar-refractivity contribution < 1.29 is 4.79 Å². The molecule has 0 saturated carbocycles. The van der Waals surface area contributed by atoms with Crippen LogP contribution >= 0.6 is 31.9 Å². The number of halogens is 2. The van der Waals surface area contributed by atoms with Crippen LogP contribution in [-0.2, 0) is 6.54 Å². The average molecular weight is 372 g/mol. The van der Waals surface area contributed by atoms with Crippen molar-refractivity contribution in [2.45, 2.75) is 6.54 Å². The molecule has 0 saturated heterocycles. The lowest BCUT2D eigenvalue weighted by Crippen LogP contribution is -2.27. The van der Waals surface area contributed by atoms with Gasteiger partial charge >= 0.3 is 0 Å². The fourth-order valence-corrected chi connectivity index (χ4v) is 2.37. The van der Waals surface area contributed by atoms with Gasteiger partial charge in [0, 0.05) is 34.4 Å². The first kappa shape index (κ1) is 13.4. The van der Waals surface area contributed by atoms with E-state index < -0.39 is 0 Å². The number of nitrogens with one attached hydrogen (secondary N) is 1.